The van der Waals surface area contributed by atoms with Gasteiger partial charge in [-0.05, 0) is 67.3 Å². The second-order valence-electron chi connectivity index (χ2n) is 8.99. The van der Waals surface area contributed by atoms with Crippen molar-refractivity contribution in [2.75, 3.05) is 7.11 Å². The molecule has 26 heavy (non-hydrogen) atoms. The molecule has 0 radical (unpaired) electrons. The highest BCUT2D eigenvalue weighted by atomic mass is 16.5. The first-order chi connectivity index (χ1) is 12.5. The first kappa shape index (κ1) is 17.8. The van der Waals surface area contributed by atoms with Crippen LogP contribution >= 0.6 is 0 Å². The van der Waals surface area contributed by atoms with Gasteiger partial charge in [0.15, 0.2) is 0 Å². The Morgan fingerprint density at radius 3 is 2.54 bits per heavy atom. The average molecular weight is 357 g/mol. The van der Waals surface area contributed by atoms with Crippen LogP contribution in [-0.2, 0) is 4.74 Å². The minimum atomic E-state index is -0.172. The number of carbonyl (C=O) groups is 1. The van der Waals surface area contributed by atoms with Crippen LogP contribution < -0.4 is 4.74 Å². The van der Waals surface area contributed by atoms with E-state index in [0.29, 0.717) is 41.0 Å². The van der Waals surface area contributed by atoms with Crippen molar-refractivity contribution >= 4 is 5.97 Å². The van der Waals surface area contributed by atoms with Crippen LogP contribution in [0.4, 0.5) is 0 Å². The molecule has 142 valence electrons. The van der Waals surface area contributed by atoms with Gasteiger partial charge in [0, 0.05) is 11.8 Å². The summed E-state index contributed by atoms with van der Waals surface area (Å²) >= 11 is 0. The van der Waals surface area contributed by atoms with E-state index in [2.05, 4.69) is 25.8 Å². The third kappa shape index (κ3) is 2.91. The topological polar surface area (TPSA) is 48.4 Å². The molecule has 2 saturated carbocycles. The van der Waals surface area contributed by atoms with Gasteiger partial charge in [-0.1, -0.05) is 27.2 Å². The lowest BCUT2D eigenvalue weighted by atomic mass is 9.75. The first-order valence-corrected chi connectivity index (χ1v) is 10.3. The van der Waals surface area contributed by atoms with Crippen molar-refractivity contribution in [3.8, 4) is 5.88 Å². The van der Waals surface area contributed by atoms with Crippen LogP contribution in [0, 0.1) is 17.8 Å². The Labute approximate surface area is 156 Å². The van der Waals surface area contributed by atoms with E-state index in [1.54, 1.807) is 13.3 Å². The minimum Gasteiger partial charge on any atom is -0.481 e. The Hall–Kier alpha value is -1.58. The predicted octanol–water partition coefficient (Wildman–Crippen LogP) is 5.07. The van der Waals surface area contributed by atoms with E-state index in [4.69, 9.17) is 9.47 Å². The fourth-order valence-corrected chi connectivity index (χ4v) is 5.64. The highest BCUT2D eigenvalue weighted by molar-refractivity contribution is 5.92. The predicted molar refractivity (Wildman–Crippen MR) is 101 cm³/mol. The zero-order chi connectivity index (χ0) is 18.4. The van der Waals surface area contributed by atoms with Crippen molar-refractivity contribution in [3.05, 3.63) is 22.9 Å². The molecule has 0 aliphatic heterocycles. The molecule has 0 amide bonds. The Morgan fingerprint density at radius 1 is 1.12 bits per heavy atom. The molecule has 4 nitrogen and oxygen atoms in total. The van der Waals surface area contributed by atoms with Gasteiger partial charge in [0.05, 0.1) is 12.7 Å². The van der Waals surface area contributed by atoms with E-state index >= 15 is 0 Å². The maximum atomic E-state index is 13.1. The van der Waals surface area contributed by atoms with E-state index in [0.717, 1.165) is 19.3 Å². The fourth-order valence-electron chi connectivity index (χ4n) is 5.64. The van der Waals surface area contributed by atoms with Gasteiger partial charge in [-0.25, -0.2) is 9.78 Å². The van der Waals surface area contributed by atoms with Gasteiger partial charge in [0.25, 0.3) is 0 Å². The number of aromatic nitrogens is 1. The Bertz CT molecular complexity index is 699. The number of pyridine rings is 1. The average Bonchev–Trinajstić information content (AvgIpc) is 3.23. The summed E-state index contributed by atoms with van der Waals surface area (Å²) in [6.07, 6.45) is 8.57. The second-order valence-corrected chi connectivity index (χ2v) is 8.99. The second kappa shape index (κ2) is 6.86. The molecule has 3 aliphatic rings. The molecule has 2 bridgehead atoms. The number of carbonyl (C=O) groups excluding carboxylic acids is 1. The van der Waals surface area contributed by atoms with E-state index in [1.807, 2.05) is 0 Å². The summed E-state index contributed by atoms with van der Waals surface area (Å²) in [6.45, 7) is 6.75. The number of hydrogen-bond acceptors (Lipinski definition) is 4. The van der Waals surface area contributed by atoms with Gasteiger partial charge in [-0.3, -0.25) is 0 Å². The van der Waals surface area contributed by atoms with E-state index in [-0.39, 0.29) is 12.1 Å². The molecule has 0 saturated heterocycles. The zero-order valence-corrected chi connectivity index (χ0v) is 16.5. The monoisotopic (exact) mass is 357 g/mol. The highest BCUT2D eigenvalue weighted by Gasteiger charge is 2.43. The van der Waals surface area contributed by atoms with Gasteiger partial charge in [0.2, 0.25) is 5.88 Å². The molecular weight excluding hydrogens is 326 g/mol. The maximum Gasteiger partial charge on any atom is 0.340 e. The molecule has 5 atom stereocenters. The van der Waals surface area contributed by atoms with E-state index < -0.39 is 0 Å². The number of nitrogens with zero attached hydrogens (tertiary/aromatic N) is 1. The van der Waals surface area contributed by atoms with Crippen molar-refractivity contribution in [1.82, 2.24) is 4.98 Å². The lowest BCUT2D eigenvalue weighted by Crippen LogP contribution is -2.36. The molecule has 4 heteroatoms. The molecule has 1 aromatic heterocycles. The van der Waals surface area contributed by atoms with E-state index in [1.165, 1.54) is 30.4 Å². The van der Waals surface area contributed by atoms with Gasteiger partial charge < -0.3 is 9.47 Å². The van der Waals surface area contributed by atoms with Gasteiger partial charge in [0.1, 0.15) is 6.10 Å². The third-order valence-corrected chi connectivity index (χ3v) is 7.00. The Morgan fingerprint density at radius 2 is 1.85 bits per heavy atom. The van der Waals surface area contributed by atoms with Crippen LogP contribution in [-0.4, -0.2) is 24.2 Å². The summed E-state index contributed by atoms with van der Waals surface area (Å²) in [7, 11) is 1.67. The smallest absolute Gasteiger partial charge is 0.340 e. The Kier molecular flexibility index (Phi) is 4.70. The third-order valence-electron chi connectivity index (χ3n) is 7.00. The Balaban J connectivity index is 1.61. The van der Waals surface area contributed by atoms with E-state index in [9.17, 15) is 4.79 Å². The summed E-state index contributed by atoms with van der Waals surface area (Å²) in [5, 5.41) is 0. The summed E-state index contributed by atoms with van der Waals surface area (Å²) in [5.74, 6) is 3.13. The van der Waals surface area contributed by atoms with Crippen molar-refractivity contribution in [2.45, 2.75) is 77.2 Å². The first-order valence-electron chi connectivity index (χ1n) is 10.3. The number of rotatable bonds is 4. The quantitative estimate of drug-likeness (QED) is 0.706. The van der Waals surface area contributed by atoms with Crippen LogP contribution in [0.5, 0.6) is 5.88 Å². The number of hydrogen-bond donors (Lipinski definition) is 0. The molecule has 3 aliphatic carbocycles. The maximum absolute atomic E-state index is 13.1. The molecular formula is C22H31NO3. The van der Waals surface area contributed by atoms with Crippen LogP contribution in [0.2, 0.25) is 0 Å². The van der Waals surface area contributed by atoms with Crippen molar-refractivity contribution < 1.29 is 14.3 Å². The molecule has 0 N–H and O–H groups in total. The summed E-state index contributed by atoms with van der Waals surface area (Å²) < 4.78 is 11.6. The van der Waals surface area contributed by atoms with Crippen LogP contribution in [0.15, 0.2) is 6.20 Å². The molecule has 0 aromatic carbocycles. The fraction of sp³-hybridized carbons (Fsp3) is 0.727. The largest absolute Gasteiger partial charge is 0.481 e. The zero-order valence-electron chi connectivity index (χ0n) is 16.5. The van der Waals surface area contributed by atoms with Crippen molar-refractivity contribution in [3.63, 3.8) is 0 Å². The lowest BCUT2D eigenvalue weighted by molar-refractivity contribution is -0.0175. The van der Waals surface area contributed by atoms with Crippen LogP contribution in [0.3, 0.4) is 0 Å². The summed E-state index contributed by atoms with van der Waals surface area (Å²) in [5.41, 5.74) is 3.03. The number of esters is 1. The SMILES string of the molecule is COc1ncc(C(=O)OC2CC(C)CCC2C(C)C)c2c1C1CC[C@@H]2C1. The van der Waals surface area contributed by atoms with Crippen molar-refractivity contribution in [1.29, 1.82) is 0 Å². The lowest BCUT2D eigenvalue weighted by Gasteiger charge is -2.36. The number of fused-ring (bicyclic) bond motifs is 5. The number of methoxy groups -OCH3 is 1. The van der Waals surface area contributed by atoms with Crippen molar-refractivity contribution in [2.24, 2.45) is 17.8 Å². The summed E-state index contributed by atoms with van der Waals surface area (Å²) in [4.78, 5) is 17.6. The molecule has 2 fully saturated rings. The molecule has 1 heterocycles. The minimum absolute atomic E-state index is 0.0302. The molecule has 4 rings (SSSR count). The van der Waals surface area contributed by atoms with Crippen LogP contribution in [0.25, 0.3) is 0 Å². The van der Waals surface area contributed by atoms with Gasteiger partial charge >= 0.3 is 5.97 Å². The molecule has 1 aromatic rings. The summed E-state index contributed by atoms with van der Waals surface area (Å²) in [6, 6.07) is 0. The van der Waals surface area contributed by atoms with Gasteiger partial charge in [-0.15, -0.1) is 0 Å². The molecule has 4 unspecified atom stereocenters. The standard InChI is InChI=1S/C22H31NO3/c1-12(2)16-8-5-13(3)9-18(16)26-22(24)17-11-23-21(25-4)20-15-7-6-14(10-15)19(17)20/h11-16,18H,5-10H2,1-4H3/t13?,14-,15?,16?,18?/m1/s1. The number of ether oxygens (including phenoxy) is 2. The highest BCUT2D eigenvalue weighted by Crippen LogP contribution is 2.56. The van der Waals surface area contributed by atoms with Crippen LogP contribution in [0.1, 0.15) is 92.6 Å². The molecule has 0 spiro atoms. The normalized spacial score (nSPS) is 32.6. The van der Waals surface area contributed by atoms with Gasteiger partial charge in [-0.2, -0.15) is 0 Å².